The molecule has 0 aliphatic rings. The molecule has 18 heavy (non-hydrogen) atoms. The molecular formula is C12H20N4O2. The predicted molar refractivity (Wildman–Crippen MR) is 69.3 cm³/mol. The first-order valence-corrected chi connectivity index (χ1v) is 5.93. The molecule has 3 N–H and O–H groups in total. The highest BCUT2D eigenvalue weighted by atomic mass is 16.2. The van der Waals surface area contributed by atoms with E-state index in [9.17, 15) is 9.59 Å². The van der Waals surface area contributed by atoms with Gasteiger partial charge in [-0.25, -0.2) is 0 Å². The first-order chi connectivity index (χ1) is 8.25. The van der Waals surface area contributed by atoms with Crippen LogP contribution in [-0.4, -0.2) is 21.6 Å². The summed E-state index contributed by atoms with van der Waals surface area (Å²) in [6, 6.07) is 0. The summed E-state index contributed by atoms with van der Waals surface area (Å²) >= 11 is 0. The van der Waals surface area contributed by atoms with Gasteiger partial charge in [0, 0.05) is 13.0 Å². The van der Waals surface area contributed by atoms with Crippen molar-refractivity contribution >= 4 is 17.6 Å². The number of aromatic nitrogens is 2. The van der Waals surface area contributed by atoms with E-state index in [-0.39, 0.29) is 23.6 Å². The van der Waals surface area contributed by atoms with Crippen LogP contribution >= 0.6 is 0 Å². The summed E-state index contributed by atoms with van der Waals surface area (Å²) in [5.74, 6) is -0.617. The second kappa shape index (κ2) is 5.20. The zero-order valence-electron chi connectivity index (χ0n) is 11.4. The minimum Gasteiger partial charge on any atom is -0.365 e. The molecule has 100 valence electrons. The number of anilines is 1. The molecule has 1 aromatic rings. The lowest BCUT2D eigenvalue weighted by atomic mass is 10.0. The molecule has 0 fully saturated rings. The molecule has 0 aliphatic carbocycles. The number of hydrogen-bond acceptors (Lipinski definition) is 3. The molecule has 0 spiro atoms. The number of primary amides is 1. The molecule has 1 heterocycles. The highest BCUT2D eigenvalue weighted by Crippen LogP contribution is 2.25. The number of carbonyl (C=O) groups excluding carboxylic acids is 2. The number of nitrogens with one attached hydrogen (secondary N) is 1. The van der Waals surface area contributed by atoms with E-state index in [1.54, 1.807) is 25.6 Å². The summed E-state index contributed by atoms with van der Waals surface area (Å²) in [5, 5.41) is 6.80. The Labute approximate surface area is 107 Å². The van der Waals surface area contributed by atoms with Gasteiger partial charge in [0.25, 0.3) is 5.91 Å². The van der Waals surface area contributed by atoms with Crippen molar-refractivity contribution in [2.45, 2.75) is 33.6 Å². The van der Waals surface area contributed by atoms with Gasteiger partial charge in [-0.2, -0.15) is 5.10 Å². The molecule has 0 bridgehead atoms. The fourth-order valence-corrected chi connectivity index (χ4v) is 1.79. The van der Waals surface area contributed by atoms with Crippen molar-refractivity contribution in [3.05, 3.63) is 11.3 Å². The third kappa shape index (κ3) is 2.69. The van der Waals surface area contributed by atoms with Gasteiger partial charge in [0.05, 0.1) is 5.69 Å². The molecule has 1 rings (SSSR count). The van der Waals surface area contributed by atoms with Crippen LogP contribution in [0.4, 0.5) is 5.82 Å². The van der Waals surface area contributed by atoms with Crippen LogP contribution < -0.4 is 11.1 Å². The minimum absolute atomic E-state index is 0.0923. The Bertz CT molecular complexity index is 475. The third-order valence-electron chi connectivity index (χ3n) is 2.65. The number of carbonyl (C=O) groups is 2. The molecule has 1 aromatic heterocycles. The van der Waals surface area contributed by atoms with Gasteiger partial charge in [0.15, 0.2) is 5.82 Å². The number of amides is 2. The molecule has 0 saturated carbocycles. The fourth-order valence-electron chi connectivity index (χ4n) is 1.79. The van der Waals surface area contributed by atoms with Crippen molar-refractivity contribution in [2.24, 2.45) is 18.7 Å². The molecule has 0 aromatic carbocycles. The second-order valence-corrected chi connectivity index (χ2v) is 4.90. The van der Waals surface area contributed by atoms with Crippen LogP contribution in [-0.2, 0) is 11.8 Å². The zero-order valence-corrected chi connectivity index (χ0v) is 11.4. The van der Waals surface area contributed by atoms with E-state index in [1.165, 1.54) is 0 Å². The molecular weight excluding hydrogens is 232 g/mol. The lowest BCUT2D eigenvalue weighted by Crippen LogP contribution is -2.21. The molecule has 2 amide bonds. The van der Waals surface area contributed by atoms with Crippen molar-refractivity contribution in [3.63, 3.8) is 0 Å². The van der Waals surface area contributed by atoms with E-state index in [4.69, 9.17) is 5.73 Å². The van der Waals surface area contributed by atoms with Crippen LogP contribution in [0.1, 0.15) is 49.7 Å². The van der Waals surface area contributed by atoms with Gasteiger partial charge in [0.2, 0.25) is 5.91 Å². The van der Waals surface area contributed by atoms with E-state index in [0.717, 1.165) is 5.69 Å². The van der Waals surface area contributed by atoms with E-state index < -0.39 is 5.91 Å². The van der Waals surface area contributed by atoms with E-state index in [2.05, 4.69) is 10.4 Å². The largest absolute Gasteiger partial charge is 0.365 e. The highest BCUT2D eigenvalue weighted by molar-refractivity contribution is 6.03. The van der Waals surface area contributed by atoms with Crippen LogP contribution in [0.25, 0.3) is 0 Å². The quantitative estimate of drug-likeness (QED) is 0.844. The van der Waals surface area contributed by atoms with Gasteiger partial charge in [-0.05, 0) is 5.92 Å². The molecule has 0 aliphatic heterocycles. The Kier molecular flexibility index (Phi) is 4.11. The van der Waals surface area contributed by atoms with E-state index >= 15 is 0 Å². The van der Waals surface area contributed by atoms with Crippen LogP contribution in [0.3, 0.4) is 0 Å². The van der Waals surface area contributed by atoms with Gasteiger partial charge < -0.3 is 11.1 Å². The van der Waals surface area contributed by atoms with Crippen molar-refractivity contribution in [2.75, 3.05) is 5.32 Å². The van der Waals surface area contributed by atoms with Crippen LogP contribution in [0, 0.1) is 5.92 Å². The Morgan fingerprint density at radius 3 is 2.22 bits per heavy atom. The van der Waals surface area contributed by atoms with Crippen molar-refractivity contribution in [3.8, 4) is 0 Å². The maximum atomic E-state index is 11.7. The van der Waals surface area contributed by atoms with Crippen molar-refractivity contribution in [1.82, 2.24) is 9.78 Å². The van der Waals surface area contributed by atoms with Gasteiger partial charge in [-0.3, -0.25) is 14.3 Å². The Morgan fingerprint density at radius 1 is 1.28 bits per heavy atom. The summed E-state index contributed by atoms with van der Waals surface area (Å²) in [7, 11) is 1.73. The number of aryl methyl sites for hydroxylation is 1. The summed E-state index contributed by atoms with van der Waals surface area (Å²) < 4.78 is 1.58. The predicted octanol–water partition coefficient (Wildman–Crippen LogP) is 1.24. The second-order valence-electron chi connectivity index (χ2n) is 4.90. The first-order valence-electron chi connectivity index (χ1n) is 5.93. The maximum absolute atomic E-state index is 11.7. The van der Waals surface area contributed by atoms with Crippen LogP contribution in [0.5, 0.6) is 0 Å². The molecule has 0 saturated heterocycles. The molecule has 0 radical (unpaired) electrons. The zero-order chi connectivity index (χ0) is 14.0. The average molecular weight is 252 g/mol. The molecule has 0 atom stereocenters. The Morgan fingerprint density at radius 2 is 1.83 bits per heavy atom. The number of nitrogens with zero attached hydrogens (tertiary/aromatic N) is 2. The van der Waals surface area contributed by atoms with Crippen LogP contribution in [0.15, 0.2) is 0 Å². The number of hydrogen-bond donors (Lipinski definition) is 2. The van der Waals surface area contributed by atoms with Gasteiger partial charge in [-0.15, -0.1) is 0 Å². The Balaban J connectivity index is 3.24. The normalized spacial score (nSPS) is 11.1. The molecule has 6 nitrogen and oxygen atoms in total. The fraction of sp³-hybridized carbons (Fsp3) is 0.583. The average Bonchev–Trinajstić information content (AvgIpc) is 2.54. The SMILES string of the molecule is CC(C)C(=O)Nc1nn(C)c(C(C)C)c1C(N)=O. The Hall–Kier alpha value is -1.85. The van der Waals surface area contributed by atoms with E-state index in [1.807, 2.05) is 13.8 Å². The van der Waals surface area contributed by atoms with Crippen LogP contribution in [0.2, 0.25) is 0 Å². The maximum Gasteiger partial charge on any atom is 0.254 e. The smallest absolute Gasteiger partial charge is 0.254 e. The topological polar surface area (TPSA) is 90.0 Å². The van der Waals surface area contributed by atoms with Gasteiger partial charge >= 0.3 is 0 Å². The standard InChI is InChI=1S/C12H20N4O2/c1-6(2)9-8(10(13)17)11(15-16(9)5)14-12(18)7(3)4/h6-7H,1-5H3,(H2,13,17)(H,14,15,18). The first kappa shape index (κ1) is 14.2. The summed E-state index contributed by atoms with van der Waals surface area (Å²) in [5.41, 5.74) is 6.39. The lowest BCUT2D eigenvalue weighted by Gasteiger charge is -2.08. The summed E-state index contributed by atoms with van der Waals surface area (Å²) in [6.07, 6.45) is 0. The van der Waals surface area contributed by atoms with Crippen molar-refractivity contribution < 1.29 is 9.59 Å². The number of rotatable bonds is 4. The lowest BCUT2D eigenvalue weighted by molar-refractivity contribution is -0.118. The van der Waals surface area contributed by atoms with E-state index in [0.29, 0.717) is 5.56 Å². The number of nitrogens with two attached hydrogens (primary N) is 1. The minimum atomic E-state index is -0.578. The van der Waals surface area contributed by atoms with Crippen molar-refractivity contribution in [1.29, 1.82) is 0 Å². The monoisotopic (exact) mass is 252 g/mol. The summed E-state index contributed by atoms with van der Waals surface area (Å²) in [4.78, 5) is 23.2. The summed E-state index contributed by atoms with van der Waals surface area (Å²) in [6.45, 7) is 7.42. The third-order valence-corrected chi connectivity index (χ3v) is 2.65. The van der Waals surface area contributed by atoms with Gasteiger partial charge in [-0.1, -0.05) is 27.7 Å². The van der Waals surface area contributed by atoms with Gasteiger partial charge in [0.1, 0.15) is 5.56 Å². The molecule has 0 unspecified atom stereocenters. The highest BCUT2D eigenvalue weighted by Gasteiger charge is 2.24. The molecule has 6 heteroatoms.